The molecule has 8 heteroatoms. The summed E-state index contributed by atoms with van der Waals surface area (Å²) in [5, 5.41) is 6.73. The van der Waals surface area contributed by atoms with Crippen molar-refractivity contribution < 1.29 is 19.1 Å². The SMILES string of the molecule is COc1ccc(C=NN2CC(=O)N3CCc4c([nH]c5ccccc45)C3(C)C2=O)cc1OC. The molecular formula is C24H24N4O4. The molecule has 1 fully saturated rings. The minimum absolute atomic E-state index is 0.0895. The average Bonchev–Trinajstić information content (AvgIpc) is 3.20. The number of amides is 2. The van der Waals surface area contributed by atoms with Crippen LogP contribution in [-0.2, 0) is 21.5 Å². The van der Waals surface area contributed by atoms with Crippen LogP contribution in [0.4, 0.5) is 0 Å². The summed E-state index contributed by atoms with van der Waals surface area (Å²) >= 11 is 0. The number of aromatic amines is 1. The van der Waals surface area contributed by atoms with E-state index in [1.807, 2.05) is 30.3 Å². The normalized spacial score (nSPS) is 20.6. The molecule has 5 rings (SSSR count). The Balaban J connectivity index is 1.52. The molecule has 0 spiro atoms. The lowest BCUT2D eigenvalue weighted by atomic mass is 9.83. The fourth-order valence-electron chi connectivity index (χ4n) is 4.75. The predicted octanol–water partition coefficient (Wildman–Crippen LogP) is 2.66. The van der Waals surface area contributed by atoms with Crippen molar-refractivity contribution in [2.24, 2.45) is 5.10 Å². The van der Waals surface area contributed by atoms with Crippen molar-refractivity contribution in [2.75, 3.05) is 27.3 Å². The van der Waals surface area contributed by atoms with Gasteiger partial charge in [0, 0.05) is 17.4 Å². The molecule has 3 aromatic rings. The number of aromatic nitrogens is 1. The zero-order valence-corrected chi connectivity index (χ0v) is 18.2. The number of piperazine rings is 1. The number of benzene rings is 2. The molecule has 1 unspecified atom stereocenters. The second-order valence-corrected chi connectivity index (χ2v) is 8.11. The van der Waals surface area contributed by atoms with Crippen molar-refractivity contribution in [3.05, 3.63) is 59.3 Å². The molecule has 0 bridgehead atoms. The summed E-state index contributed by atoms with van der Waals surface area (Å²) in [5.41, 5.74) is 2.43. The second kappa shape index (κ2) is 7.40. The fraction of sp³-hybridized carbons (Fsp3) is 0.292. The molecule has 1 saturated heterocycles. The monoisotopic (exact) mass is 432 g/mol. The Labute approximate surface area is 185 Å². The number of carbonyl (C=O) groups excluding carboxylic acids is 2. The molecule has 1 N–H and O–H groups in total. The summed E-state index contributed by atoms with van der Waals surface area (Å²) in [6.45, 7) is 2.22. The Morgan fingerprint density at radius 1 is 1.09 bits per heavy atom. The average molecular weight is 432 g/mol. The van der Waals surface area contributed by atoms with Crippen LogP contribution in [-0.4, -0.2) is 60.2 Å². The molecule has 2 aliphatic heterocycles. The first-order chi connectivity index (χ1) is 15.5. The molecule has 2 amide bonds. The van der Waals surface area contributed by atoms with Gasteiger partial charge >= 0.3 is 0 Å². The molecule has 0 aliphatic carbocycles. The first kappa shape index (κ1) is 20.1. The van der Waals surface area contributed by atoms with E-state index in [4.69, 9.17) is 9.47 Å². The number of H-pyrrole nitrogens is 1. The second-order valence-electron chi connectivity index (χ2n) is 8.11. The van der Waals surface area contributed by atoms with E-state index in [-0.39, 0.29) is 18.4 Å². The highest BCUT2D eigenvalue weighted by Gasteiger charge is 2.54. The van der Waals surface area contributed by atoms with E-state index in [0.29, 0.717) is 24.5 Å². The lowest BCUT2D eigenvalue weighted by Gasteiger charge is -2.48. The molecular weight excluding hydrogens is 408 g/mol. The Kier molecular flexibility index (Phi) is 4.65. The first-order valence-corrected chi connectivity index (χ1v) is 10.5. The van der Waals surface area contributed by atoms with Crippen molar-refractivity contribution in [1.29, 1.82) is 0 Å². The van der Waals surface area contributed by atoms with Gasteiger partial charge in [0.25, 0.3) is 5.91 Å². The molecule has 2 aliphatic rings. The fourth-order valence-corrected chi connectivity index (χ4v) is 4.75. The van der Waals surface area contributed by atoms with Crippen LogP contribution >= 0.6 is 0 Å². The van der Waals surface area contributed by atoms with Crippen LogP contribution in [0.2, 0.25) is 0 Å². The summed E-state index contributed by atoms with van der Waals surface area (Å²) < 4.78 is 10.6. The molecule has 1 aromatic heterocycles. The van der Waals surface area contributed by atoms with Gasteiger partial charge in [-0.1, -0.05) is 18.2 Å². The standard InChI is InChI=1S/C24H24N4O4/c1-24-22-17(16-6-4-5-7-18(16)26-22)10-11-27(24)21(29)14-28(23(24)30)25-13-15-8-9-19(31-2)20(12-15)32-3/h4-9,12-13,26H,10-11,14H2,1-3H3. The molecule has 3 heterocycles. The van der Waals surface area contributed by atoms with Gasteiger partial charge in [0.1, 0.15) is 6.54 Å². The molecule has 1 atom stereocenters. The molecule has 32 heavy (non-hydrogen) atoms. The Morgan fingerprint density at radius 2 is 1.88 bits per heavy atom. The van der Waals surface area contributed by atoms with Gasteiger partial charge in [0.05, 0.1) is 26.1 Å². The van der Waals surface area contributed by atoms with Crippen molar-refractivity contribution in [1.82, 2.24) is 14.9 Å². The van der Waals surface area contributed by atoms with Gasteiger partial charge in [0.15, 0.2) is 17.0 Å². The number of fused-ring (bicyclic) bond motifs is 5. The minimum Gasteiger partial charge on any atom is -0.493 e. The number of nitrogens with zero attached hydrogens (tertiary/aromatic N) is 3. The number of rotatable bonds is 4. The number of hydrazone groups is 1. The van der Waals surface area contributed by atoms with Crippen molar-refractivity contribution in [3.8, 4) is 11.5 Å². The third kappa shape index (κ3) is 2.86. The van der Waals surface area contributed by atoms with Gasteiger partial charge in [-0.25, -0.2) is 5.01 Å². The van der Waals surface area contributed by atoms with Crippen LogP contribution < -0.4 is 9.47 Å². The number of ether oxygens (including phenoxy) is 2. The smallest absolute Gasteiger partial charge is 0.275 e. The van der Waals surface area contributed by atoms with E-state index in [2.05, 4.69) is 10.1 Å². The van der Waals surface area contributed by atoms with Crippen LogP contribution in [0.25, 0.3) is 10.9 Å². The third-order valence-corrected chi connectivity index (χ3v) is 6.42. The van der Waals surface area contributed by atoms with E-state index in [1.165, 1.54) is 5.01 Å². The van der Waals surface area contributed by atoms with Crippen LogP contribution in [0.5, 0.6) is 11.5 Å². The quantitative estimate of drug-likeness (QED) is 0.642. The van der Waals surface area contributed by atoms with E-state index < -0.39 is 5.54 Å². The van der Waals surface area contributed by atoms with E-state index in [1.54, 1.807) is 44.4 Å². The molecule has 164 valence electrons. The zero-order valence-electron chi connectivity index (χ0n) is 18.2. The van der Waals surface area contributed by atoms with E-state index in [0.717, 1.165) is 27.7 Å². The number of nitrogens with one attached hydrogen (secondary N) is 1. The number of hydrogen-bond acceptors (Lipinski definition) is 5. The van der Waals surface area contributed by atoms with Gasteiger partial charge in [-0.05, 0) is 48.7 Å². The summed E-state index contributed by atoms with van der Waals surface area (Å²) in [6.07, 6.45) is 2.27. The highest BCUT2D eigenvalue weighted by atomic mass is 16.5. The van der Waals surface area contributed by atoms with Crippen molar-refractivity contribution in [3.63, 3.8) is 0 Å². The van der Waals surface area contributed by atoms with Crippen LogP contribution in [0, 0.1) is 0 Å². The zero-order chi connectivity index (χ0) is 22.5. The van der Waals surface area contributed by atoms with Gasteiger partial charge in [-0.3, -0.25) is 9.59 Å². The highest BCUT2D eigenvalue weighted by molar-refractivity contribution is 6.01. The minimum atomic E-state index is -1.13. The lowest BCUT2D eigenvalue weighted by Crippen LogP contribution is -2.65. The molecule has 8 nitrogen and oxygen atoms in total. The van der Waals surface area contributed by atoms with Crippen LogP contribution in [0.3, 0.4) is 0 Å². The maximum atomic E-state index is 13.7. The molecule has 0 radical (unpaired) electrons. The van der Waals surface area contributed by atoms with Gasteiger partial charge in [0.2, 0.25) is 5.91 Å². The number of carbonyl (C=O) groups is 2. The Morgan fingerprint density at radius 3 is 2.66 bits per heavy atom. The van der Waals surface area contributed by atoms with Crippen molar-refractivity contribution in [2.45, 2.75) is 18.9 Å². The van der Waals surface area contributed by atoms with Crippen LogP contribution in [0.1, 0.15) is 23.7 Å². The Bertz CT molecular complexity index is 1260. The summed E-state index contributed by atoms with van der Waals surface area (Å²) in [4.78, 5) is 31.8. The summed E-state index contributed by atoms with van der Waals surface area (Å²) in [6, 6.07) is 13.3. The largest absolute Gasteiger partial charge is 0.493 e. The number of hydrogen-bond donors (Lipinski definition) is 1. The van der Waals surface area contributed by atoms with Crippen LogP contribution in [0.15, 0.2) is 47.6 Å². The predicted molar refractivity (Wildman–Crippen MR) is 120 cm³/mol. The lowest BCUT2D eigenvalue weighted by molar-refractivity contribution is -0.165. The van der Waals surface area contributed by atoms with Gasteiger partial charge < -0.3 is 19.4 Å². The van der Waals surface area contributed by atoms with Gasteiger partial charge in [-0.2, -0.15) is 5.10 Å². The number of methoxy groups -OCH3 is 2. The molecule has 2 aromatic carbocycles. The summed E-state index contributed by atoms with van der Waals surface area (Å²) in [7, 11) is 3.13. The summed E-state index contributed by atoms with van der Waals surface area (Å²) in [5.74, 6) is 0.804. The van der Waals surface area contributed by atoms with E-state index >= 15 is 0 Å². The third-order valence-electron chi connectivity index (χ3n) is 6.42. The first-order valence-electron chi connectivity index (χ1n) is 10.5. The Hall–Kier alpha value is -3.81. The highest BCUT2D eigenvalue weighted by Crippen LogP contribution is 2.42. The number of para-hydroxylation sites is 1. The molecule has 0 saturated carbocycles. The van der Waals surface area contributed by atoms with Gasteiger partial charge in [-0.15, -0.1) is 0 Å². The van der Waals surface area contributed by atoms with Crippen molar-refractivity contribution >= 4 is 28.9 Å². The maximum Gasteiger partial charge on any atom is 0.275 e. The van der Waals surface area contributed by atoms with E-state index in [9.17, 15) is 9.59 Å². The topological polar surface area (TPSA) is 87.2 Å². The maximum absolute atomic E-state index is 13.7.